The standard InChI is InChI=1S/C29H38N4O4/c1-21-16-31(18-24-7-9-26(10-8-24)28(36)20-34)17-22(2)33(21)29(37)27-6-4-5-25(15-27)19-30-11-13-32(14-12-30)23(3)35/h4-10,15,21-22,34H,11-14,16-20H2,1-3H3/t21-,22+. The number of ketones is 1. The number of piperazine rings is 2. The second kappa shape index (κ2) is 12.0. The lowest BCUT2D eigenvalue weighted by Crippen LogP contribution is -2.58. The van der Waals surface area contributed by atoms with Crippen LogP contribution in [-0.4, -0.2) is 100 Å². The summed E-state index contributed by atoms with van der Waals surface area (Å²) < 4.78 is 0. The highest BCUT2D eigenvalue weighted by Gasteiger charge is 2.33. The molecule has 0 radical (unpaired) electrons. The molecule has 0 aromatic heterocycles. The molecular formula is C29H38N4O4. The molecule has 0 spiro atoms. The first-order valence-corrected chi connectivity index (χ1v) is 13.1. The van der Waals surface area contributed by atoms with Gasteiger partial charge in [0.15, 0.2) is 5.78 Å². The Labute approximate surface area is 219 Å². The van der Waals surface area contributed by atoms with E-state index >= 15 is 0 Å². The minimum absolute atomic E-state index is 0.0646. The van der Waals surface area contributed by atoms with Gasteiger partial charge in [0.25, 0.3) is 5.91 Å². The van der Waals surface area contributed by atoms with Crippen molar-refractivity contribution < 1.29 is 19.5 Å². The zero-order valence-electron chi connectivity index (χ0n) is 22.1. The van der Waals surface area contributed by atoms with Gasteiger partial charge in [-0.15, -0.1) is 0 Å². The summed E-state index contributed by atoms with van der Waals surface area (Å²) in [6.45, 7) is 11.6. The van der Waals surface area contributed by atoms with E-state index in [1.165, 1.54) is 0 Å². The highest BCUT2D eigenvalue weighted by molar-refractivity contribution is 5.97. The van der Waals surface area contributed by atoms with E-state index in [1.54, 1.807) is 19.1 Å². The number of aliphatic hydroxyl groups is 1. The Morgan fingerprint density at radius 3 is 2.03 bits per heavy atom. The molecule has 2 aromatic rings. The molecule has 4 rings (SSSR count). The topological polar surface area (TPSA) is 84.4 Å². The van der Waals surface area contributed by atoms with Gasteiger partial charge in [0.1, 0.15) is 6.61 Å². The molecule has 2 atom stereocenters. The van der Waals surface area contributed by atoms with E-state index in [9.17, 15) is 14.4 Å². The summed E-state index contributed by atoms with van der Waals surface area (Å²) in [4.78, 5) is 45.4. The molecule has 0 saturated carbocycles. The molecule has 2 fully saturated rings. The average molecular weight is 507 g/mol. The number of Topliss-reactive ketones (excluding diaryl/α,β-unsaturated/α-hetero) is 1. The van der Waals surface area contributed by atoms with Gasteiger partial charge in [-0.1, -0.05) is 36.4 Å². The number of carbonyl (C=O) groups excluding carboxylic acids is 3. The van der Waals surface area contributed by atoms with Crippen molar-refractivity contribution in [3.8, 4) is 0 Å². The van der Waals surface area contributed by atoms with Gasteiger partial charge < -0.3 is 14.9 Å². The van der Waals surface area contributed by atoms with E-state index in [4.69, 9.17) is 5.11 Å². The Morgan fingerprint density at radius 1 is 0.811 bits per heavy atom. The number of carbonyl (C=O) groups is 3. The first-order valence-electron chi connectivity index (χ1n) is 13.1. The van der Waals surface area contributed by atoms with E-state index in [2.05, 4.69) is 29.7 Å². The van der Waals surface area contributed by atoms with Crippen molar-refractivity contribution in [2.45, 2.75) is 45.9 Å². The molecule has 1 N–H and O–H groups in total. The van der Waals surface area contributed by atoms with E-state index in [1.807, 2.05) is 40.1 Å². The van der Waals surface area contributed by atoms with Crippen LogP contribution in [-0.2, 0) is 17.9 Å². The van der Waals surface area contributed by atoms with Crippen molar-refractivity contribution in [3.63, 3.8) is 0 Å². The fourth-order valence-corrected chi connectivity index (χ4v) is 5.54. The lowest BCUT2D eigenvalue weighted by molar-refractivity contribution is -0.130. The van der Waals surface area contributed by atoms with Crippen LogP contribution in [0.3, 0.4) is 0 Å². The summed E-state index contributed by atoms with van der Waals surface area (Å²) in [5.74, 6) is -0.0849. The maximum Gasteiger partial charge on any atom is 0.254 e. The summed E-state index contributed by atoms with van der Waals surface area (Å²) in [6.07, 6.45) is 0. The normalized spacial score (nSPS) is 21.2. The maximum atomic E-state index is 13.6. The third-order valence-corrected chi connectivity index (χ3v) is 7.45. The Hall–Kier alpha value is -3.07. The summed E-state index contributed by atoms with van der Waals surface area (Å²) in [7, 11) is 0. The average Bonchev–Trinajstić information content (AvgIpc) is 2.88. The van der Waals surface area contributed by atoms with Gasteiger partial charge in [0, 0.05) is 82.5 Å². The quantitative estimate of drug-likeness (QED) is 0.580. The Bertz CT molecular complexity index is 1100. The van der Waals surface area contributed by atoms with Gasteiger partial charge in [-0.2, -0.15) is 0 Å². The van der Waals surface area contributed by atoms with Crippen LogP contribution in [0.5, 0.6) is 0 Å². The van der Waals surface area contributed by atoms with E-state index in [0.717, 1.165) is 69.0 Å². The minimum Gasteiger partial charge on any atom is -0.388 e. The van der Waals surface area contributed by atoms with Crippen LogP contribution in [0.25, 0.3) is 0 Å². The molecule has 0 aliphatic carbocycles. The number of hydrogen-bond donors (Lipinski definition) is 1. The SMILES string of the molecule is CC(=O)N1CCN(Cc2cccc(C(=O)N3[C@H](C)CN(Cc4ccc(C(=O)CO)cc4)C[C@@H]3C)c2)CC1. The van der Waals surface area contributed by atoms with Gasteiger partial charge in [-0.25, -0.2) is 0 Å². The molecular weight excluding hydrogens is 468 g/mol. The molecule has 2 aliphatic rings. The summed E-state index contributed by atoms with van der Waals surface area (Å²) >= 11 is 0. The minimum atomic E-state index is -0.481. The van der Waals surface area contributed by atoms with Crippen LogP contribution >= 0.6 is 0 Å². The third kappa shape index (κ3) is 6.63. The zero-order chi connectivity index (χ0) is 26.5. The maximum absolute atomic E-state index is 13.6. The molecule has 198 valence electrons. The monoisotopic (exact) mass is 506 g/mol. The van der Waals surface area contributed by atoms with E-state index < -0.39 is 6.61 Å². The molecule has 2 aliphatic heterocycles. The molecule has 0 bridgehead atoms. The number of benzene rings is 2. The van der Waals surface area contributed by atoms with Gasteiger partial charge in [0.2, 0.25) is 5.91 Å². The van der Waals surface area contributed by atoms with Gasteiger partial charge in [-0.05, 0) is 37.1 Å². The van der Waals surface area contributed by atoms with Crippen molar-refractivity contribution >= 4 is 17.6 Å². The van der Waals surface area contributed by atoms with Gasteiger partial charge in [-0.3, -0.25) is 24.2 Å². The Balaban J connectivity index is 1.35. The largest absolute Gasteiger partial charge is 0.388 e. The van der Waals surface area contributed by atoms with Crippen molar-refractivity contribution in [2.75, 3.05) is 45.9 Å². The zero-order valence-corrected chi connectivity index (χ0v) is 22.1. The molecule has 8 heteroatoms. The molecule has 37 heavy (non-hydrogen) atoms. The van der Waals surface area contributed by atoms with Crippen LogP contribution in [0.2, 0.25) is 0 Å². The molecule has 2 amide bonds. The Kier molecular flexibility index (Phi) is 8.74. The van der Waals surface area contributed by atoms with Crippen LogP contribution in [0, 0.1) is 0 Å². The molecule has 2 heterocycles. The highest BCUT2D eigenvalue weighted by atomic mass is 16.3. The van der Waals surface area contributed by atoms with Crippen molar-refractivity contribution in [1.29, 1.82) is 0 Å². The molecule has 8 nitrogen and oxygen atoms in total. The Morgan fingerprint density at radius 2 is 1.43 bits per heavy atom. The number of amides is 2. The van der Waals surface area contributed by atoms with Crippen LogP contribution in [0.1, 0.15) is 52.6 Å². The second-order valence-electron chi connectivity index (χ2n) is 10.4. The molecule has 0 unspecified atom stereocenters. The van der Waals surface area contributed by atoms with E-state index in [-0.39, 0.29) is 29.7 Å². The van der Waals surface area contributed by atoms with Gasteiger partial charge >= 0.3 is 0 Å². The highest BCUT2D eigenvalue weighted by Crippen LogP contribution is 2.22. The van der Waals surface area contributed by atoms with Crippen molar-refractivity contribution in [1.82, 2.24) is 19.6 Å². The van der Waals surface area contributed by atoms with E-state index in [0.29, 0.717) is 5.56 Å². The van der Waals surface area contributed by atoms with Crippen LogP contribution < -0.4 is 0 Å². The van der Waals surface area contributed by atoms with Gasteiger partial charge in [0.05, 0.1) is 0 Å². The summed E-state index contributed by atoms with van der Waals surface area (Å²) in [5.41, 5.74) is 3.45. The smallest absolute Gasteiger partial charge is 0.254 e. The fraction of sp³-hybridized carbons (Fsp3) is 0.483. The number of nitrogens with zero attached hydrogens (tertiary/aromatic N) is 4. The fourth-order valence-electron chi connectivity index (χ4n) is 5.54. The first kappa shape index (κ1) is 27.0. The number of rotatable bonds is 7. The first-order chi connectivity index (χ1) is 17.7. The third-order valence-electron chi connectivity index (χ3n) is 7.45. The number of aliphatic hydroxyl groups excluding tert-OH is 1. The predicted molar refractivity (Wildman–Crippen MR) is 142 cm³/mol. The lowest BCUT2D eigenvalue weighted by Gasteiger charge is -2.44. The second-order valence-corrected chi connectivity index (χ2v) is 10.4. The van der Waals surface area contributed by atoms with Crippen molar-refractivity contribution in [3.05, 3.63) is 70.8 Å². The summed E-state index contributed by atoms with van der Waals surface area (Å²) in [5, 5.41) is 9.04. The lowest BCUT2D eigenvalue weighted by atomic mass is 10.0. The molecule has 2 aromatic carbocycles. The summed E-state index contributed by atoms with van der Waals surface area (Å²) in [6, 6.07) is 15.5. The number of hydrogen-bond acceptors (Lipinski definition) is 6. The van der Waals surface area contributed by atoms with Crippen molar-refractivity contribution in [2.24, 2.45) is 0 Å². The van der Waals surface area contributed by atoms with Crippen LogP contribution in [0.4, 0.5) is 0 Å². The predicted octanol–water partition coefficient (Wildman–Crippen LogP) is 2.26. The molecule has 2 saturated heterocycles. The van der Waals surface area contributed by atoms with Crippen LogP contribution in [0.15, 0.2) is 48.5 Å².